The Balaban J connectivity index is 1.88. The molecule has 0 spiro atoms. The van der Waals surface area contributed by atoms with Crippen LogP contribution in [0.1, 0.15) is 15.9 Å². The first kappa shape index (κ1) is 19.4. The van der Waals surface area contributed by atoms with E-state index in [9.17, 15) is 22.7 Å². The lowest BCUT2D eigenvalue weighted by molar-refractivity contribution is 0.102. The van der Waals surface area contributed by atoms with E-state index in [-0.39, 0.29) is 27.6 Å². The van der Waals surface area contributed by atoms with Crippen LogP contribution in [0.5, 0.6) is 5.75 Å². The van der Waals surface area contributed by atoms with E-state index in [1.165, 1.54) is 18.2 Å². The Morgan fingerprint density at radius 2 is 1.64 bits per heavy atom. The number of rotatable bonds is 5. The Bertz CT molecular complexity index is 1130. The maximum absolute atomic E-state index is 13.0. The number of phenols is 1. The number of halogens is 1. The molecule has 0 aliphatic heterocycles. The van der Waals surface area contributed by atoms with Crippen molar-refractivity contribution in [2.45, 2.75) is 11.8 Å². The van der Waals surface area contributed by atoms with Crippen molar-refractivity contribution in [1.29, 1.82) is 0 Å². The van der Waals surface area contributed by atoms with Gasteiger partial charge in [-0.05, 0) is 61.0 Å². The molecule has 0 aliphatic rings. The average molecular weight is 400 g/mol. The Kier molecular flexibility index (Phi) is 5.32. The van der Waals surface area contributed by atoms with Crippen molar-refractivity contribution >= 4 is 27.3 Å². The molecule has 0 aromatic heterocycles. The molecule has 0 bridgehead atoms. The molecule has 0 fully saturated rings. The predicted molar refractivity (Wildman–Crippen MR) is 104 cm³/mol. The van der Waals surface area contributed by atoms with Crippen molar-refractivity contribution in [1.82, 2.24) is 0 Å². The number of hydrogen-bond acceptors (Lipinski definition) is 4. The zero-order valence-corrected chi connectivity index (χ0v) is 15.6. The van der Waals surface area contributed by atoms with Gasteiger partial charge in [0.05, 0.1) is 21.8 Å². The van der Waals surface area contributed by atoms with E-state index in [1.54, 1.807) is 31.2 Å². The molecule has 3 N–H and O–H groups in total. The Morgan fingerprint density at radius 3 is 2.32 bits per heavy atom. The minimum atomic E-state index is -4.02. The Morgan fingerprint density at radius 1 is 0.964 bits per heavy atom. The summed E-state index contributed by atoms with van der Waals surface area (Å²) in [6.45, 7) is 1.80. The molecule has 0 unspecified atom stereocenters. The molecular weight excluding hydrogens is 383 g/mol. The predicted octanol–water partition coefficient (Wildman–Crippen LogP) is 3.89. The van der Waals surface area contributed by atoms with Crippen LogP contribution in [0.2, 0.25) is 0 Å². The number of para-hydroxylation sites is 1. The van der Waals surface area contributed by atoms with Gasteiger partial charge in [0.2, 0.25) is 0 Å². The SMILES string of the molecule is Cc1ccc(NC(=O)c2ccccc2NS(=O)(=O)c2ccc(F)cc2)c(O)c1. The van der Waals surface area contributed by atoms with E-state index in [4.69, 9.17) is 0 Å². The maximum Gasteiger partial charge on any atom is 0.261 e. The molecule has 0 atom stereocenters. The minimum absolute atomic E-state index is 0.0518. The lowest BCUT2D eigenvalue weighted by Crippen LogP contribution is -2.18. The number of aryl methyl sites for hydroxylation is 1. The second-order valence-corrected chi connectivity index (χ2v) is 7.76. The smallest absolute Gasteiger partial charge is 0.261 e. The number of benzene rings is 3. The summed E-state index contributed by atoms with van der Waals surface area (Å²) in [6.07, 6.45) is 0. The van der Waals surface area contributed by atoms with E-state index in [0.717, 1.165) is 29.8 Å². The van der Waals surface area contributed by atoms with Crippen molar-refractivity contribution in [3.63, 3.8) is 0 Å². The number of amides is 1. The number of carbonyl (C=O) groups is 1. The molecule has 0 aliphatic carbocycles. The molecule has 6 nitrogen and oxygen atoms in total. The molecule has 28 heavy (non-hydrogen) atoms. The fourth-order valence-electron chi connectivity index (χ4n) is 2.52. The van der Waals surface area contributed by atoms with Crippen LogP contribution in [0.4, 0.5) is 15.8 Å². The molecular formula is C20H17FN2O4S. The minimum Gasteiger partial charge on any atom is -0.506 e. The van der Waals surface area contributed by atoms with Gasteiger partial charge in [-0.25, -0.2) is 12.8 Å². The molecule has 3 aromatic rings. The van der Waals surface area contributed by atoms with Crippen LogP contribution < -0.4 is 10.0 Å². The number of sulfonamides is 1. The number of phenolic OH excluding ortho intramolecular Hbond substituents is 1. The molecule has 8 heteroatoms. The summed E-state index contributed by atoms with van der Waals surface area (Å²) in [5.74, 6) is -1.26. The molecule has 1 amide bonds. The van der Waals surface area contributed by atoms with Crippen molar-refractivity contribution in [3.05, 3.63) is 83.7 Å². The van der Waals surface area contributed by atoms with Gasteiger partial charge >= 0.3 is 0 Å². The highest BCUT2D eigenvalue weighted by molar-refractivity contribution is 7.92. The summed E-state index contributed by atoms with van der Waals surface area (Å²) < 4.78 is 40.5. The quantitative estimate of drug-likeness (QED) is 0.566. The summed E-state index contributed by atoms with van der Waals surface area (Å²) in [6, 6.07) is 15.1. The van der Waals surface area contributed by atoms with Crippen LogP contribution in [0.25, 0.3) is 0 Å². The molecule has 144 valence electrons. The third-order valence-corrected chi connectivity index (χ3v) is 5.32. The lowest BCUT2D eigenvalue weighted by Gasteiger charge is -2.13. The van der Waals surface area contributed by atoms with Crippen LogP contribution in [0, 0.1) is 12.7 Å². The molecule has 3 rings (SSSR count). The third-order valence-electron chi connectivity index (χ3n) is 3.94. The Hall–Kier alpha value is -3.39. The van der Waals surface area contributed by atoms with Gasteiger partial charge in [0, 0.05) is 0 Å². The molecule has 3 aromatic carbocycles. The van der Waals surface area contributed by atoms with Crippen molar-refractivity contribution in [3.8, 4) is 5.75 Å². The van der Waals surface area contributed by atoms with Gasteiger partial charge < -0.3 is 10.4 Å². The van der Waals surface area contributed by atoms with Gasteiger partial charge in [0.1, 0.15) is 11.6 Å². The first-order valence-electron chi connectivity index (χ1n) is 8.25. The highest BCUT2D eigenvalue weighted by Crippen LogP contribution is 2.26. The zero-order valence-electron chi connectivity index (χ0n) is 14.8. The molecule has 0 saturated heterocycles. The number of hydrogen-bond donors (Lipinski definition) is 3. The molecule has 0 radical (unpaired) electrons. The Labute approximate surface area is 161 Å². The highest BCUT2D eigenvalue weighted by Gasteiger charge is 2.19. The van der Waals surface area contributed by atoms with E-state index in [0.29, 0.717) is 0 Å². The van der Waals surface area contributed by atoms with Gasteiger partial charge in [0.25, 0.3) is 15.9 Å². The van der Waals surface area contributed by atoms with Gasteiger partial charge in [0.15, 0.2) is 0 Å². The monoisotopic (exact) mass is 400 g/mol. The molecule has 0 heterocycles. The summed E-state index contributed by atoms with van der Waals surface area (Å²) in [4.78, 5) is 12.5. The summed E-state index contributed by atoms with van der Waals surface area (Å²) in [5, 5.41) is 12.5. The first-order valence-corrected chi connectivity index (χ1v) is 9.73. The largest absolute Gasteiger partial charge is 0.506 e. The highest BCUT2D eigenvalue weighted by atomic mass is 32.2. The van der Waals surface area contributed by atoms with E-state index in [1.807, 2.05) is 0 Å². The average Bonchev–Trinajstić information content (AvgIpc) is 2.64. The maximum atomic E-state index is 13.0. The van der Waals surface area contributed by atoms with Crippen molar-refractivity contribution < 1.29 is 22.7 Å². The van der Waals surface area contributed by atoms with Crippen LogP contribution >= 0.6 is 0 Å². The lowest BCUT2D eigenvalue weighted by atomic mass is 10.1. The van der Waals surface area contributed by atoms with E-state index in [2.05, 4.69) is 10.0 Å². The number of carbonyl (C=O) groups excluding carboxylic acids is 1. The van der Waals surface area contributed by atoms with Crippen LogP contribution in [0.3, 0.4) is 0 Å². The van der Waals surface area contributed by atoms with Gasteiger partial charge in [-0.2, -0.15) is 0 Å². The van der Waals surface area contributed by atoms with Crippen LogP contribution in [-0.2, 0) is 10.0 Å². The number of nitrogens with one attached hydrogen (secondary N) is 2. The van der Waals surface area contributed by atoms with Crippen molar-refractivity contribution in [2.75, 3.05) is 10.0 Å². The number of aromatic hydroxyl groups is 1. The summed E-state index contributed by atoms with van der Waals surface area (Å²) in [7, 11) is -4.02. The standard InChI is InChI=1S/C20H17FN2O4S/c1-13-6-11-18(19(24)12-13)22-20(25)16-4-2-3-5-17(16)23-28(26,27)15-9-7-14(21)8-10-15/h2-12,23-24H,1H3,(H,22,25). The van der Waals surface area contributed by atoms with Gasteiger partial charge in [-0.3, -0.25) is 9.52 Å². The van der Waals surface area contributed by atoms with E-state index < -0.39 is 21.7 Å². The van der Waals surface area contributed by atoms with E-state index >= 15 is 0 Å². The molecule has 0 saturated carbocycles. The second kappa shape index (κ2) is 7.69. The first-order chi connectivity index (χ1) is 13.3. The normalized spacial score (nSPS) is 11.1. The fourth-order valence-corrected chi connectivity index (χ4v) is 3.60. The van der Waals surface area contributed by atoms with Crippen molar-refractivity contribution in [2.24, 2.45) is 0 Å². The van der Waals surface area contributed by atoms with Crippen LogP contribution in [-0.4, -0.2) is 19.4 Å². The van der Waals surface area contributed by atoms with Crippen LogP contribution in [0.15, 0.2) is 71.6 Å². The third kappa shape index (κ3) is 4.29. The zero-order chi connectivity index (χ0) is 20.3. The second-order valence-electron chi connectivity index (χ2n) is 6.08. The number of anilines is 2. The van der Waals surface area contributed by atoms with Gasteiger partial charge in [-0.1, -0.05) is 18.2 Å². The van der Waals surface area contributed by atoms with Gasteiger partial charge in [-0.15, -0.1) is 0 Å². The fraction of sp³-hybridized carbons (Fsp3) is 0.0500. The topological polar surface area (TPSA) is 95.5 Å². The summed E-state index contributed by atoms with van der Waals surface area (Å²) in [5.41, 5.74) is 1.14. The summed E-state index contributed by atoms with van der Waals surface area (Å²) >= 11 is 0.